The highest BCUT2D eigenvalue weighted by molar-refractivity contribution is 6.13. The van der Waals surface area contributed by atoms with Crippen LogP contribution in [0.2, 0.25) is 0 Å². The number of benzene rings is 7. The van der Waals surface area contributed by atoms with E-state index in [1.165, 1.54) is 82.8 Å². The van der Waals surface area contributed by atoms with E-state index in [0.717, 1.165) is 0 Å². The van der Waals surface area contributed by atoms with Crippen molar-refractivity contribution in [3.8, 4) is 33.6 Å². The molecular weight excluding hydrogens is 569 g/mol. The summed E-state index contributed by atoms with van der Waals surface area (Å²) < 4.78 is 4.78. The fraction of sp³-hybridized carbons (Fsp3) is 0.0667. The molecule has 2 heteroatoms. The molecule has 0 saturated carbocycles. The van der Waals surface area contributed by atoms with Gasteiger partial charge >= 0.3 is 0 Å². The Labute approximate surface area is 274 Å². The summed E-state index contributed by atoms with van der Waals surface area (Å²) in [6.45, 7) is 4.55. The van der Waals surface area contributed by atoms with Gasteiger partial charge in [0.1, 0.15) is 0 Å². The summed E-state index contributed by atoms with van der Waals surface area (Å²) in [5.41, 5.74) is 13.6. The summed E-state index contributed by atoms with van der Waals surface area (Å²) in [6, 6.07) is 59.9. The third-order valence-electron chi connectivity index (χ3n) is 9.69. The molecule has 2 aromatic heterocycles. The molecule has 0 atom stereocenters. The van der Waals surface area contributed by atoms with Gasteiger partial charge in [-0.15, -0.1) is 0 Å². The molecule has 0 bridgehead atoms. The molecule has 0 fully saturated rings. The molecule has 0 spiro atoms. The van der Waals surface area contributed by atoms with Gasteiger partial charge in [0.05, 0.1) is 22.1 Å². The maximum absolute atomic E-state index is 2.41. The normalized spacial score (nSPS) is 11.8. The van der Waals surface area contributed by atoms with E-state index in [4.69, 9.17) is 0 Å². The third kappa shape index (κ3) is 4.40. The third-order valence-corrected chi connectivity index (χ3v) is 9.69. The van der Waals surface area contributed by atoms with Crippen LogP contribution in [0.1, 0.15) is 25.3 Å². The van der Waals surface area contributed by atoms with Gasteiger partial charge in [-0.2, -0.15) is 0 Å². The largest absolute Gasteiger partial charge is 0.309 e. The Hall–Kier alpha value is -5.86. The lowest BCUT2D eigenvalue weighted by molar-refractivity contribution is 0.869. The minimum atomic E-state index is 0.446. The summed E-state index contributed by atoms with van der Waals surface area (Å²) in [4.78, 5) is 0. The van der Waals surface area contributed by atoms with Crippen LogP contribution in [0, 0.1) is 0 Å². The van der Waals surface area contributed by atoms with Crippen molar-refractivity contribution in [3.63, 3.8) is 0 Å². The fourth-order valence-corrected chi connectivity index (χ4v) is 7.50. The molecule has 224 valence electrons. The van der Waals surface area contributed by atoms with Gasteiger partial charge in [0.25, 0.3) is 0 Å². The van der Waals surface area contributed by atoms with Gasteiger partial charge in [0.15, 0.2) is 0 Å². The Balaban J connectivity index is 1.28. The van der Waals surface area contributed by atoms with Crippen molar-refractivity contribution in [1.82, 2.24) is 9.13 Å². The van der Waals surface area contributed by atoms with Gasteiger partial charge in [-0.3, -0.25) is 0 Å². The predicted molar refractivity (Wildman–Crippen MR) is 200 cm³/mol. The van der Waals surface area contributed by atoms with Gasteiger partial charge in [0.2, 0.25) is 0 Å². The van der Waals surface area contributed by atoms with E-state index in [2.05, 4.69) is 187 Å². The molecule has 2 nitrogen and oxygen atoms in total. The fourth-order valence-electron chi connectivity index (χ4n) is 7.50. The van der Waals surface area contributed by atoms with Crippen LogP contribution in [-0.2, 0) is 0 Å². The summed E-state index contributed by atoms with van der Waals surface area (Å²) >= 11 is 0. The number of fused-ring (bicyclic) bond motifs is 6. The zero-order valence-corrected chi connectivity index (χ0v) is 26.6. The van der Waals surface area contributed by atoms with Crippen molar-refractivity contribution < 1.29 is 0 Å². The quantitative estimate of drug-likeness (QED) is 0.185. The van der Waals surface area contributed by atoms with E-state index >= 15 is 0 Å². The summed E-state index contributed by atoms with van der Waals surface area (Å²) in [5.74, 6) is 0.446. The van der Waals surface area contributed by atoms with Gasteiger partial charge in [0, 0.05) is 32.9 Å². The molecule has 9 aromatic rings. The second-order valence-electron chi connectivity index (χ2n) is 12.8. The average molecular weight is 603 g/mol. The topological polar surface area (TPSA) is 9.86 Å². The van der Waals surface area contributed by atoms with Crippen molar-refractivity contribution in [2.45, 2.75) is 19.8 Å². The maximum atomic E-state index is 2.41. The van der Waals surface area contributed by atoms with Crippen molar-refractivity contribution >= 4 is 43.6 Å². The first kappa shape index (κ1) is 27.5. The first-order valence-corrected chi connectivity index (χ1v) is 16.5. The van der Waals surface area contributed by atoms with Crippen LogP contribution in [-0.4, -0.2) is 9.13 Å². The Kier molecular flexibility index (Phi) is 6.36. The number of aromatic nitrogens is 2. The molecule has 0 radical (unpaired) electrons. The van der Waals surface area contributed by atoms with Crippen molar-refractivity contribution in [2.75, 3.05) is 0 Å². The van der Waals surface area contributed by atoms with E-state index < -0.39 is 0 Å². The van der Waals surface area contributed by atoms with E-state index in [-0.39, 0.29) is 0 Å². The lowest BCUT2D eigenvalue weighted by Crippen LogP contribution is -1.94. The second kappa shape index (κ2) is 10.9. The first-order valence-electron chi connectivity index (χ1n) is 16.5. The van der Waals surface area contributed by atoms with Crippen molar-refractivity contribution in [3.05, 3.63) is 169 Å². The number of rotatable bonds is 5. The lowest BCUT2D eigenvalue weighted by Gasteiger charge is -2.13. The highest BCUT2D eigenvalue weighted by Crippen LogP contribution is 2.40. The standard InChI is InChI=1S/C45H34N2/c1-30(2)36-17-9-10-18-37(36)33-23-26-45-41(29-33)40-28-32(22-25-44(40)47(45)35-15-7-4-8-16-35)31-21-24-43-39(27-31)38-19-11-12-20-42(38)46(43)34-13-5-3-6-14-34/h3-30H,1-2H3. The zero-order valence-electron chi connectivity index (χ0n) is 26.6. The van der Waals surface area contributed by atoms with Gasteiger partial charge in [-0.05, 0) is 100 Å². The lowest BCUT2D eigenvalue weighted by atomic mass is 9.92. The SMILES string of the molecule is CC(C)c1ccccc1-c1ccc2c(c1)c1cc(-c3ccc4c(c3)c3ccccc3n4-c3ccccc3)ccc1n2-c1ccccc1. The molecule has 9 rings (SSSR count). The number of hydrogen-bond donors (Lipinski definition) is 0. The number of hydrogen-bond acceptors (Lipinski definition) is 0. The summed E-state index contributed by atoms with van der Waals surface area (Å²) in [5, 5.41) is 5.06. The van der Waals surface area contributed by atoms with E-state index in [9.17, 15) is 0 Å². The molecule has 2 heterocycles. The Morgan fingerprint density at radius 1 is 0.362 bits per heavy atom. The molecule has 7 aromatic carbocycles. The molecule has 0 amide bonds. The first-order chi connectivity index (χ1) is 23.2. The molecule has 47 heavy (non-hydrogen) atoms. The van der Waals surface area contributed by atoms with Crippen LogP contribution in [0.25, 0.3) is 77.2 Å². The molecule has 0 aliphatic carbocycles. The molecule has 0 saturated heterocycles. The van der Waals surface area contributed by atoms with E-state index in [1.807, 2.05) is 0 Å². The highest BCUT2D eigenvalue weighted by Gasteiger charge is 2.17. The predicted octanol–water partition coefficient (Wildman–Crippen LogP) is 12.3. The van der Waals surface area contributed by atoms with Gasteiger partial charge in [-0.25, -0.2) is 0 Å². The molecule has 0 unspecified atom stereocenters. The van der Waals surface area contributed by atoms with Crippen LogP contribution < -0.4 is 0 Å². The number of nitrogens with zero attached hydrogens (tertiary/aromatic N) is 2. The average Bonchev–Trinajstić information content (AvgIpc) is 3.64. The van der Waals surface area contributed by atoms with Crippen LogP contribution in [0.15, 0.2) is 164 Å². The Bertz CT molecular complexity index is 2580. The maximum Gasteiger partial charge on any atom is 0.0541 e. The highest BCUT2D eigenvalue weighted by atomic mass is 15.0. The number of para-hydroxylation sites is 3. The van der Waals surface area contributed by atoms with Gasteiger partial charge < -0.3 is 9.13 Å². The molecule has 0 aliphatic rings. The minimum absolute atomic E-state index is 0.446. The second-order valence-corrected chi connectivity index (χ2v) is 12.8. The Morgan fingerprint density at radius 2 is 0.787 bits per heavy atom. The molecule has 0 aliphatic heterocycles. The van der Waals surface area contributed by atoms with E-state index in [0.29, 0.717) is 5.92 Å². The monoisotopic (exact) mass is 602 g/mol. The summed E-state index contributed by atoms with van der Waals surface area (Å²) in [7, 11) is 0. The molecule has 0 N–H and O–H groups in total. The smallest absolute Gasteiger partial charge is 0.0541 e. The van der Waals surface area contributed by atoms with Gasteiger partial charge in [-0.1, -0.05) is 111 Å². The van der Waals surface area contributed by atoms with Crippen LogP contribution in [0.5, 0.6) is 0 Å². The zero-order chi connectivity index (χ0) is 31.5. The Morgan fingerprint density at radius 3 is 1.36 bits per heavy atom. The van der Waals surface area contributed by atoms with Crippen molar-refractivity contribution in [1.29, 1.82) is 0 Å². The minimum Gasteiger partial charge on any atom is -0.309 e. The summed E-state index contributed by atoms with van der Waals surface area (Å²) in [6.07, 6.45) is 0. The van der Waals surface area contributed by atoms with Crippen molar-refractivity contribution in [2.24, 2.45) is 0 Å². The molecular formula is C45H34N2. The van der Waals surface area contributed by atoms with Crippen LogP contribution in [0.4, 0.5) is 0 Å². The van der Waals surface area contributed by atoms with E-state index in [1.54, 1.807) is 0 Å². The van der Waals surface area contributed by atoms with Crippen LogP contribution in [0.3, 0.4) is 0 Å². The van der Waals surface area contributed by atoms with Crippen LogP contribution >= 0.6 is 0 Å².